The summed E-state index contributed by atoms with van der Waals surface area (Å²) in [6, 6.07) is 0. The zero-order valence-electron chi connectivity index (χ0n) is 13.8. The molecule has 0 saturated heterocycles. The summed E-state index contributed by atoms with van der Waals surface area (Å²) in [5.74, 6) is 2.85. The highest BCUT2D eigenvalue weighted by molar-refractivity contribution is 5.09. The van der Waals surface area contributed by atoms with Crippen LogP contribution in [-0.4, -0.2) is 22.6 Å². The smallest absolute Gasteiger partial charge is 0.232 e. The second-order valence-electron chi connectivity index (χ2n) is 6.88. The molecule has 0 aliphatic heterocycles. The Hall–Kier alpha value is -1.16. The van der Waals surface area contributed by atoms with Crippen LogP contribution in [0, 0.1) is 17.8 Å². The molecule has 1 N–H and O–H groups in total. The first-order valence-corrected chi connectivity index (χ1v) is 8.23. The van der Waals surface area contributed by atoms with Gasteiger partial charge in [-0.3, -0.25) is 4.98 Å². The molecular formula is C17H29N3O. The molecule has 4 heteroatoms. The molecule has 118 valence electrons. The van der Waals surface area contributed by atoms with Crippen molar-refractivity contribution in [1.82, 2.24) is 15.3 Å². The van der Waals surface area contributed by atoms with Crippen LogP contribution in [-0.2, 0) is 6.54 Å². The normalized spacial score (nSPS) is 26.0. The van der Waals surface area contributed by atoms with E-state index in [1.54, 1.807) is 6.20 Å². The fourth-order valence-electron chi connectivity index (χ4n) is 2.79. The van der Waals surface area contributed by atoms with Crippen molar-refractivity contribution in [1.29, 1.82) is 0 Å². The van der Waals surface area contributed by atoms with Crippen molar-refractivity contribution >= 4 is 0 Å². The van der Waals surface area contributed by atoms with Gasteiger partial charge in [0.05, 0.1) is 11.9 Å². The quantitative estimate of drug-likeness (QED) is 0.872. The third-order valence-electron chi connectivity index (χ3n) is 4.36. The lowest BCUT2D eigenvalue weighted by molar-refractivity contribution is 0.0958. The number of aromatic nitrogens is 2. The first-order valence-electron chi connectivity index (χ1n) is 8.23. The Morgan fingerprint density at radius 1 is 1.24 bits per heavy atom. The van der Waals surface area contributed by atoms with Crippen molar-refractivity contribution in [3.63, 3.8) is 0 Å². The van der Waals surface area contributed by atoms with Gasteiger partial charge < -0.3 is 10.1 Å². The van der Waals surface area contributed by atoms with E-state index in [1.807, 2.05) is 6.20 Å². The van der Waals surface area contributed by atoms with Crippen LogP contribution in [0.3, 0.4) is 0 Å². The molecule has 1 fully saturated rings. The van der Waals surface area contributed by atoms with Crippen LogP contribution in [0.2, 0.25) is 0 Å². The van der Waals surface area contributed by atoms with E-state index in [9.17, 15) is 0 Å². The Bertz CT molecular complexity index is 436. The zero-order valence-corrected chi connectivity index (χ0v) is 13.8. The van der Waals surface area contributed by atoms with E-state index in [4.69, 9.17) is 4.74 Å². The molecule has 4 nitrogen and oxygen atoms in total. The maximum absolute atomic E-state index is 6.04. The number of hydrogen-bond acceptors (Lipinski definition) is 4. The Balaban J connectivity index is 1.86. The summed E-state index contributed by atoms with van der Waals surface area (Å²) in [4.78, 5) is 8.81. The number of nitrogens with one attached hydrogen (secondary N) is 1. The van der Waals surface area contributed by atoms with E-state index in [0.29, 0.717) is 17.9 Å². The molecule has 2 rings (SSSR count). The van der Waals surface area contributed by atoms with Gasteiger partial charge in [0.1, 0.15) is 6.10 Å². The highest BCUT2D eigenvalue weighted by Gasteiger charge is 2.26. The van der Waals surface area contributed by atoms with Crippen LogP contribution < -0.4 is 10.1 Å². The number of hydrogen-bond donors (Lipinski definition) is 1. The molecule has 1 aliphatic rings. The number of nitrogens with zero attached hydrogens (tertiary/aromatic N) is 2. The molecule has 1 heterocycles. The standard InChI is InChI=1S/C17H29N3O/c1-12(2)8-18-9-15-10-19-11-17(20-15)21-16-6-5-13(3)14(4)7-16/h10-14,16,18H,5-9H2,1-4H3. The second kappa shape index (κ2) is 7.74. The van der Waals surface area contributed by atoms with Gasteiger partial charge in [0.25, 0.3) is 0 Å². The van der Waals surface area contributed by atoms with Gasteiger partial charge in [0, 0.05) is 12.7 Å². The zero-order chi connectivity index (χ0) is 15.2. The summed E-state index contributed by atoms with van der Waals surface area (Å²) < 4.78 is 6.04. The second-order valence-corrected chi connectivity index (χ2v) is 6.88. The van der Waals surface area contributed by atoms with Gasteiger partial charge in [0.2, 0.25) is 5.88 Å². The Kier molecular flexibility index (Phi) is 5.97. The first kappa shape index (κ1) is 16.2. The maximum Gasteiger partial charge on any atom is 0.232 e. The minimum absolute atomic E-state index is 0.296. The summed E-state index contributed by atoms with van der Waals surface area (Å²) in [6.07, 6.45) is 7.33. The van der Waals surface area contributed by atoms with Crippen molar-refractivity contribution in [3.05, 3.63) is 18.1 Å². The van der Waals surface area contributed by atoms with Gasteiger partial charge in [0.15, 0.2) is 0 Å². The van der Waals surface area contributed by atoms with Crippen LogP contribution in [0.1, 0.15) is 52.7 Å². The fourth-order valence-corrected chi connectivity index (χ4v) is 2.79. The first-order chi connectivity index (χ1) is 10.0. The van der Waals surface area contributed by atoms with Crippen molar-refractivity contribution in [3.8, 4) is 5.88 Å². The number of ether oxygens (including phenoxy) is 1. The van der Waals surface area contributed by atoms with Crippen LogP contribution in [0.15, 0.2) is 12.4 Å². The molecule has 1 aromatic rings. The van der Waals surface area contributed by atoms with Gasteiger partial charge in [-0.05, 0) is 43.6 Å². The van der Waals surface area contributed by atoms with Crippen molar-refractivity contribution < 1.29 is 4.74 Å². The van der Waals surface area contributed by atoms with Gasteiger partial charge in [-0.15, -0.1) is 0 Å². The average Bonchev–Trinajstić information content (AvgIpc) is 2.43. The molecule has 0 aromatic carbocycles. The van der Waals surface area contributed by atoms with E-state index in [-0.39, 0.29) is 0 Å². The largest absolute Gasteiger partial charge is 0.473 e. The lowest BCUT2D eigenvalue weighted by atomic mass is 9.80. The minimum Gasteiger partial charge on any atom is -0.473 e. The summed E-state index contributed by atoms with van der Waals surface area (Å²) in [7, 11) is 0. The highest BCUT2D eigenvalue weighted by Crippen LogP contribution is 2.31. The van der Waals surface area contributed by atoms with E-state index in [0.717, 1.165) is 43.5 Å². The lowest BCUT2D eigenvalue weighted by Crippen LogP contribution is -2.29. The monoisotopic (exact) mass is 291 g/mol. The van der Waals surface area contributed by atoms with E-state index < -0.39 is 0 Å². The van der Waals surface area contributed by atoms with Crippen LogP contribution in [0.25, 0.3) is 0 Å². The van der Waals surface area contributed by atoms with Crippen molar-refractivity contribution in [2.45, 2.75) is 59.6 Å². The molecule has 1 aromatic heterocycles. The molecule has 1 saturated carbocycles. The van der Waals surface area contributed by atoms with E-state index in [2.05, 4.69) is 43.0 Å². The molecular weight excluding hydrogens is 262 g/mol. The molecule has 3 unspecified atom stereocenters. The Morgan fingerprint density at radius 2 is 2.05 bits per heavy atom. The molecule has 0 bridgehead atoms. The average molecular weight is 291 g/mol. The summed E-state index contributed by atoms with van der Waals surface area (Å²) in [5.41, 5.74) is 0.949. The SMILES string of the molecule is CC(C)CNCc1cncc(OC2CCC(C)C(C)C2)n1. The molecule has 0 amide bonds. The predicted molar refractivity (Wildman–Crippen MR) is 85.2 cm³/mol. The van der Waals surface area contributed by atoms with Gasteiger partial charge >= 0.3 is 0 Å². The van der Waals surface area contributed by atoms with Gasteiger partial charge in [-0.25, -0.2) is 4.98 Å². The molecule has 1 aliphatic carbocycles. The summed E-state index contributed by atoms with van der Waals surface area (Å²) >= 11 is 0. The number of rotatable bonds is 6. The summed E-state index contributed by atoms with van der Waals surface area (Å²) in [5, 5.41) is 3.39. The third-order valence-corrected chi connectivity index (χ3v) is 4.36. The van der Waals surface area contributed by atoms with Crippen molar-refractivity contribution in [2.75, 3.05) is 6.54 Å². The van der Waals surface area contributed by atoms with Crippen molar-refractivity contribution in [2.24, 2.45) is 17.8 Å². The van der Waals surface area contributed by atoms with Crippen LogP contribution in [0.4, 0.5) is 0 Å². The van der Waals surface area contributed by atoms with Crippen LogP contribution in [0.5, 0.6) is 5.88 Å². The summed E-state index contributed by atoms with van der Waals surface area (Å²) in [6.45, 7) is 10.8. The molecule has 0 spiro atoms. The Labute approximate surface area is 128 Å². The highest BCUT2D eigenvalue weighted by atomic mass is 16.5. The fraction of sp³-hybridized carbons (Fsp3) is 0.765. The maximum atomic E-state index is 6.04. The van der Waals surface area contributed by atoms with E-state index >= 15 is 0 Å². The molecule has 3 atom stereocenters. The third kappa shape index (κ3) is 5.27. The molecule has 0 radical (unpaired) electrons. The van der Waals surface area contributed by atoms with E-state index in [1.165, 1.54) is 6.42 Å². The predicted octanol–water partition coefficient (Wildman–Crippen LogP) is 3.43. The topological polar surface area (TPSA) is 47.0 Å². The minimum atomic E-state index is 0.296. The van der Waals surface area contributed by atoms with Gasteiger partial charge in [-0.1, -0.05) is 27.7 Å². The lowest BCUT2D eigenvalue weighted by Gasteiger charge is -2.31. The van der Waals surface area contributed by atoms with Gasteiger partial charge in [-0.2, -0.15) is 0 Å². The molecule has 21 heavy (non-hydrogen) atoms. The Morgan fingerprint density at radius 3 is 2.76 bits per heavy atom. The van der Waals surface area contributed by atoms with Crippen LogP contribution >= 0.6 is 0 Å².